The van der Waals surface area contributed by atoms with Gasteiger partial charge in [0.1, 0.15) is 12.2 Å². The predicted molar refractivity (Wildman–Crippen MR) is 102 cm³/mol. The van der Waals surface area contributed by atoms with E-state index in [1.54, 1.807) is 29.2 Å². The molecule has 150 valence electrons. The Morgan fingerprint density at radius 3 is 2.00 bits per heavy atom. The van der Waals surface area contributed by atoms with Crippen molar-refractivity contribution in [2.45, 2.75) is 37.9 Å². The van der Waals surface area contributed by atoms with Crippen LogP contribution in [-0.4, -0.2) is 61.1 Å². The first-order valence-electron chi connectivity index (χ1n) is 9.84. The molecule has 3 amide bonds. The summed E-state index contributed by atoms with van der Waals surface area (Å²) in [7, 11) is 0. The maximum atomic E-state index is 12.5. The van der Waals surface area contributed by atoms with E-state index in [4.69, 9.17) is 9.47 Å². The van der Waals surface area contributed by atoms with Crippen LogP contribution in [0, 0.1) is 5.92 Å². The van der Waals surface area contributed by atoms with E-state index in [1.807, 2.05) is 0 Å². The second kappa shape index (κ2) is 8.28. The number of amides is 3. The largest absolute Gasteiger partial charge is 0.378 e. The average molecular weight is 387 g/mol. The summed E-state index contributed by atoms with van der Waals surface area (Å²) in [4.78, 5) is 38.5. The van der Waals surface area contributed by atoms with Crippen LogP contribution in [0.25, 0.3) is 0 Å². The second-order valence-electron chi connectivity index (χ2n) is 7.46. The monoisotopic (exact) mass is 387 g/mol. The Morgan fingerprint density at radius 1 is 0.821 bits per heavy atom. The van der Waals surface area contributed by atoms with Gasteiger partial charge in [-0.15, -0.1) is 0 Å². The zero-order valence-corrected chi connectivity index (χ0v) is 15.7. The second-order valence-corrected chi connectivity index (χ2v) is 7.46. The van der Waals surface area contributed by atoms with E-state index in [1.165, 1.54) is 0 Å². The summed E-state index contributed by atoms with van der Waals surface area (Å²) in [5.74, 6) is -0.125. The van der Waals surface area contributed by atoms with E-state index in [-0.39, 0.29) is 23.6 Å². The highest BCUT2D eigenvalue weighted by molar-refractivity contribution is 5.96. The third kappa shape index (κ3) is 4.51. The van der Waals surface area contributed by atoms with Gasteiger partial charge in [-0.05, 0) is 49.9 Å². The lowest BCUT2D eigenvalue weighted by molar-refractivity contribution is -0.148. The van der Waals surface area contributed by atoms with E-state index in [2.05, 4.69) is 10.6 Å². The molecule has 2 saturated heterocycles. The molecule has 1 aromatic rings. The zero-order chi connectivity index (χ0) is 19.5. The van der Waals surface area contributed by atoms with Crippen LogP contribution in [0.5, 0.6) is 0 Å². The van der Waals surface area contributed by atoms with Crippen LogP contribution < -0.4 is 10.6 Å². The van der Waals surface area contributed by atoms with Crippen molar-refractivity contribution < 1.29 is 23.9 Å². The van der Waals surface area contributed by atoms with E-state index < -0.39 is 12.2 Å². The van der Waals surface area contributed by atoms with Crippen LogP contribution in [0.3, 0.4) is 0 Å². The Kier molecular flexibility index (Phi) is 5.59. The summed E-state index contributed by atoms with van der Waals surface area (Å²) in [5, 5.41) is 5.68. The van der Waals surface area contributed by atoms with Gasteiger partial charge in [-0.1, -0.05) is 0 Å². The number of nitrogens with one attached hydrogen (secondary N) is 2. The lowest BCUT2D eigenvalue weighted by Gasteiger charge is -2.29. The van der Waals surface area contributed by atoms with Crippen LogP contribution in [0.2, 0.25) is 0 Å². The molecule has 1 aromatic carbocycles. The number of benzene rings is 1. The molecule has 8 heteroatoms. The lowest BCUT2D eigenvalue weighted by atomic mass is 10.1. The summed E-state index contributed by atoms with van der Waals surface area (Å²) >= 11 is 0. The van der Waals surface area contributed by atoms with Crippen LogP contribution in [0.15, 0.2) is 24.3 Å². The van der Waals surface area contributed by atoms with Gasteiger partial charge in [0.15, 0.2) is 0 Å². The summed E-state index contributed by atoms with van der Waals surface area (Å²) < 4.78 is 11.0. The fraction of sp³-hybridized carbons (Fsp3) is 0.550. The van der Waals surface area contributed by atoms with Gasteiger partial charge in [0.25, 0.3) is 11.8 Å². The van der Waals surface area contributed by atoms with E-state index in [0.29, 0.717) is 50.5 Å². The van der Waals surface area contributed by atoms with Crippen molar-refractivity contribution in [3.05, 3.63) is 24.3 Å². The molecule has 0 bridgehead atoms. The quantitative estimate of drug-likeness (QED) is 0.796. The molecule has 1 aliphatic carbocycles. The molecular weight excluding hydrogens is 362 g/mol. The Labute approximate surface area is 163 Å². The van der Waals surface area contributed by atoms with Crippen molar-refractivity contribution in [1.29, 1.82) is 0 Å². The van der Waals surface area contributed by atoms with Crippen molar-refractivity contribution in [3.63, 3.8) is 0 Å². The number of hydrogen-bond donors (Lipinski definition) is 2. The Morgan fingerprint density at radius 2 is 1.39 bits per heavy atom. The van der Waals surface area contributed by atoms with E-state index >= 15 is 0 Å². The fourth-order valence-corrected chi connectivity index (χ4v) is 3.45. The fourth-order valence-electron chi connectivity index (χ4n) is 3.45. The van der Waals surface area contributed by atoms with Gasteiger partial charge >= 0.3 is 0 Å². The minimum Gasteiger partial charge on any atom is -0.378 e. The maximum Gasteiger partial charge on any atom is 0.253 e. The molecule has 8 nitrogen and oxygen atoms in total. The summed E-state index contributed by atoms with van der Waals surface area (Å²) in [6.07, 6.45) is 1.77. The first-order chi connectivity index (χ1) is 13.6. The number of nitrogens with zero attached hydrogens (tertiary/aromatic N) is 1. The molecular formula is C20H25N3O5. The van der Waals surface area contributed by atoms with Gasteiger partial charge in [0, 0.05) is 30.4 Å². The summed E-state index contributed by atoms with van der Waals surface area (Å²) in [6.45, 7) is 2.22. The highest BCUT2D eigenvalue weighted by Gasteiger charge is 2.37. The van der Waals surface area contributed by atoms with Gasteiger partial charge in [-0.3, -0.25) is 14.4 Å². The number of anilines is 2. The first kappa shape index (κ1) is 18.9. The number of carbonyl (C=O) groups is 3. The molecule has 2 aliphatic heterocycles. The molecule has 3 fully saturated rings. The number of ether oxygens (including phenoxy) is 2. The number of carbonyl (C=O) groups excluding carboxylic acids is 3. The highest BCUT2D eigenvalue weighted by atomic mass is 16.5. The summed E-state index contributed by atoms with van der Waals surface area (Å²) in [5.41, 5.74) is 1.34. The topological polar surface area (TPSA) is 97.0 Å². The third-order valence-electron chi connectivity index (χ3n) is 5.28. The molecule has 2 N–H and O–H groups in total. The van der Waals surface area contributed by atoms with Crippen molar-refractivity contribution in [1.82, 2.24) is 4.90 Å². The Balaban J connectivity index is 1.26. The van der Waals surface area contributed by atoms with Crippen molar-refractivity contribution >= 4 is 29.1 Å². The van der Waals surface area contributed by atoms with Gasteiger partial charge in [-0.25, -0.2) is 0 Å². The minimum atomic E-state index is -0.635. The molecule has 3 aliphatic rings. The summed E-state index contributed by atoms with van der Waals surface area (Å²) in [6, 6.07) is 7.00. The van der Waals surface area contributed by atoms with Crippen molar-refractivity contribution in [2.24, 2.45) is 5.92 Å². The molecule has 2 atom stereocenters. The van der Waals surface area contributed by atoms with Gasteiger partial charge < -0.3 is 25.0 Å². The zero-order valence-electron chi connectivity index (χ0n) is 15.7. The maximum absolute atomic E-state index is 12.5. The van der Waals surface area contributed by atoms with E-state index in [9.17, 15) is 14.4 Å². The minimum absolute atomic E-state index is 0.0483. The molecule has 0 spiro atoms. The molecule has 0 radical (unpaired) electrons. The average Bonchev–Trinajstić information content (AvgIpc) is 3.46. The third-order valence-corrected chi connectivity index (χ3v) is 5.28. The first-order valence-corrected chi connectivity index (χ1v) is 9.84. The number of hydrogen-bond acceptors (Lipinski definition) is 5. The van der Waals surface area contributed by atoms with Crippen LogP contribution >= 0.6 is 0 Å². The molecule has 0 unspecified atom stereocenters. The van der Waals surface area contributed by atoms with Crippen LogP contribution in [0.1, 0.15) is 25.7 Å². The van der Waals surface area contributed by atoms with Gasteiger partial charge in [0.05, 0.1) is 13.2 Å². The standard InChI is InChI=1S/C20H25N3O5/c24-18(13-1-2-13)21-14-3-5-15(6-4-14)22-19(25)16-7-8-17(28-16)20(26)23-9-11-27-12-10-23/h3-6,13,16-17H,1-2,7-12H2,(H,21,24)(H,22,25)/t16-,17+/m0/s1. The molecule has 1 saturated carbocycles. The van der Waals surface area contributed by atoms with Crippen molar-refractivity contribution in [3.8, 4) is 0 Å². The predicted octanol–water partition coefficient (Wildman–Crippen LogP) is 1.38. The normalized spacial score (nSPS) is 24.6. The van der Waals surface area contributed by atoms with Crippen molar-refractivity contribution in [2.75, 3.05) is 36.9 Å². The Bertz CT molecular complexity index is 741. The number of morpholine rings is 1. The van der Waals surface area contributed by atoms with Gasteiger partial charge in [-0.2, -0.15) is 0 Å². The molecule has 2 heterocycles. The Hall–Kier alpha value is -2.45. The molecule has 28 heavy (non-hydrogen) atoms. The van der Waals surface area contributed by atoms with Crippen LogP contribution in [0.4, 0.5) is 11.4 Å². The molecule has 4 rings (SSSR count). The lowest BCUT2D eigenvalue weighted by Crippen LogP contribution is -2.46. The highest BCUT2D eigenvalue weighted by Crippen LogP contribution is 2.30. The smallest absolute Gasteiger partial charge is 0.253 e. The molecule has 0 aromatic heterocycles. The number of rotatable bonds is 5. The van der Waals surface area contributed by atoms with Crippen LogP contribution in [-0.2, 0) is 23.9 Å². The van der Waals surface area contributed by atoms with E-state index in [0.717, 1.165) is 12.8 Å². The van der Waals surface area contributed by atoms with Gasteiger partial charge in [0.2, 0.25) is 5.91 Å². The SMILES string of the molecule is O=C(Nc1ccc(NC(=O)[C@@H]2CC[C@H](C(=O)N3CCOCC3)O2)cc1)C1CC1.